The quantitative estimate of drug-likeness (QED) is 0.730. The van der Waals surface area contributed by atoms with Crippen molar-refractivity contribution in [3.8, 4) is 0 Å². The summed E-state index contributed by atoms with van der Waals surface area (Å²) in [4.78, 5) is 0. The Labute approximate surface area is 106 Å². The van der Waals surface area contributed by atoms with Gasteiger partial charge < -0.3 is 15.2 Å². The highest BCUT2D eigenvalue weighted by Gasteiger charge is 2.38. The number of hydrogen-bond acceptors (Lipinski definition) is 3. The van der Waals surface area contributed by atoms with Crippen molar-refractivity contribution >= 4 is 0 Å². The normalized spacial score (nSPS) is 25.8. The number of aliphatic hydroxyl groups is 1. The molecule has 0 amide bonds. The zero-order chi connectivity index (χ0) is 13.1. The Morgan fingerprint density at radius 2 is 1.76 bits per heavy atom. The molecule has 1 aliphatic heterocycles. The van der Waals surface area contributed by atoms with Crippen LogP contribution in [0.1, 0.15) is 66.7 Å². The molecular weight excluding hydrogens is 214 g/mol. The van der Waals surface area contributed by atoms with Crippen molar-refractivity contribution < 1.29 is 9.84 Å². The minimum atomic E-state index is -0.593. The first-order valence-corrected chi connectivity index (χ1v) is 6.87. The highest BCUT2D eigenvalue weighted by molar-refractivity contribution is 4.97. The monoisotopic (exact) mass is 243 g/mol. The van der Waals surface area contributed by atoms with Gasteiger partial charge in [0.05, 0.1) is 6.10 Å². The third kappa shape index (κ3) is 5.36. The minimum absolute atomic E-state index is 0.0803. The Hall–Kier alpha value is -0.120. The van der Waals surface area contributed by atoms with Crippen molar-refractivity contribution in [3.63, 3.8) is 0 Å². The van der Waals surface area contributed by atoms with Gasteiger partial charge in [-0.15, -0.1) is 0 Å². The predicted molar refractivity (Wildman–Crippen MR) is 70.9 cm³/mol. The average molecular weight is 243 g/mol. The lowest BCUT2D eigenvalue weighted by atomic mass is 9.81. The summed E-state index contributed by atoms with van der Waals surface area (Å²) in [7, 11) is 0. The summed E-state index contributed by atoms with van der Waals surface area (Å²) in [5, 5.41) is 13.4. The summed E-state index contributed by atoms with van der Waals surface area (Å²) in [5.41, 5.74) is 0.161. The van der Waals surface area contributed by atoms with E-state index in [1.807, 2.05) is 0 Å². The Morgan fingerprint density at radius 3 is 2.24 bits per heavy atom. The molecule has 1 rings (SSSR count). The molecule has 3 nitrogen and oxygen atoms in total. The molecule has 1 aliphatic rings. The van der Waals surface area contributed by atoms with Crippen molar-refractivity contribution in [2.45, 2.75) is 90.2 Å². The number of hydrogen-bond donors (Lipinski definition) is 2. The minimum Gasteiger partial charge on any atom is -0.368 e. The van der Waals surface area contributed by atoms with E-state index in [4.69, 9.17) is 4.74 Å². The van der Waals surface area contributed by atoms with Gasteiger partial charge >= 0.3 is 0 Å². The Kier molecular flexibility index (Phi) is 4.99. The molecule has 1 unspecified atom stereocenters. The topological polar surface area (TPSA) is 41.5 Å². The Morgan fingerprint density at radius 1 is 1.24 bits per heavy atom. The van der Waals surface area contributed by atoms with Crippen LogP contribution in [0.25, 0.3) is 0 Å². The molecule has 0 aliphatic carbocycles. The van der Waals surface area contributed by atoms with E-state index in [1.165, 1.54) is 0 Å². The molecule has 0 aromatic heterocycles. The second-order valence-corrected chi connectivity index (χ2v) is 6.66. The van der Waals surface area contributed by atoms with E-state index in [0.717, 1.165) is 32.1 Å². The maximum absolute atomic E-state index is 9.83. The van der Waals surface area contributed by atoms with Crippen molar-refractivity contribution in [3.05, 3.63) is 0 Å². The van der Waals surface area contributed by atoms with Crippen LogP contribution in [0.4, 0.5) is 0 Å². The second kappa shape index (κ2) is 5.68. The van der Waals surface area contributed by atoms with Gasteiger partial charge in [0.25, 0.3) is 0 Å². The van der Waals surface area contributed by atoms with Crippen LogP contribution in [0.2, 0.25) is 0 Å². The summed E-state index contributed by atoms with van der Waals surface area (Å²) >= 11 is 0. The van der Waals surface area contributed by atoms with E-state index in [9.17, 15) is 5.11 Å². The molecular formula is C14H29NO2. The SMILES string of the molecule is CCCCC(O)OC1CC(C)(C)NC(C)(C)C1. The van der Waals surface area contributed by atoms with Gasteiger partial charge in [-0.05, 0) is 53.4 Å². The summed E-state index contributed by atoms with van der Waals surface area (Å²) < 4.78 is 5.78. The third-order valence-electron chi connectivity index (χ3n) is 3.31. The predicted octanol–water partition coefficient (Wildman–Crippen LogP) is 2.82. The number of rotatable bonds is 5. The smallest absolute Gasteiger partial charge is 0.154 e. The van der Waals surface area contributed by atoms with Gasteiger partial charge in [0.15, 0.2) is 6.29 Å². The molecule has 0 aromatic rings. The van der Waals surface area contributed by atoms with Gasteiger partial charge in [0, 0.05) is 11.1 Å². The summed E-state index contributed by atoms with van der Waals surface area (Å²) in [5.74, 6) is 0. The molecule has 0 saturated carbocycles. The number of piperidine rings is 1. The van der Waals surface area contributed by atoms with Crippen LogP contribution >= 0.6 is 0 Å². The van der Waals surface area contributed by atoms with Crippen molar-refractivity contribution in [2.75, 3.05) is 0 Å². The molecule has 0 aromatic carbocycles. The first-order valence-electron chi connectivity index (χ1n) is 6.87. The standard InChI is InChI=1S/C14H29NO2/c1-6-7-8-12(16)17-11-9-13(2,3)15-14(4,5)10-11/h11-12,15-16H,6-10H2,1-5H3. The van der Waals surface area contributed by atoms with E-state index in [2.05, 4.69) is 39.9 Å². The zero-order valence-corrected chi connectivity index (χ0v) is 12.0. The Balaban J connectivity index is 2.47. The van der Waals surface area contributed by atoms with Gasteiger partial charge in [-0.3, -0.25) is 0 Å². The van der Waals surface area contributed by atoms with Crippen LogP contribution in [-0.2, 0) is 4.74 Å². The molecule has 3 heteroatoms. The van der Waals surface area contributed by atoms with Crippen molar-refractivity contribution in [1.29, 1.82) is 0 Å². The van der Waals surface area contributed by atoms with Crippen LogP contribution in [0.15, 0.2) is 0 Å². The van der Waals surface area contributed by atoms with E-state index >= 15 is 0 Å². The molecule has 1 atom stereocenters. The van der Waals surface area contributed by atoms with Gasteiger partial charge in [0.2, 0.25) is 0 Å². The summed E-state index contributed by atoms with van der Waals surface area (Å²) in [6.45, 7) is 10.9. The Bertz CT molecular complexity index is 222. The van der Waals surface area contributed by atoms with Crippen molar-refractivity contribution in [1.82, 2.24) is 5.32 Å². The molecule has 102 valence electrons. The van der Waals surface area contributed by atoms with Gasteiger partial charge in [0.1, 0.15) is 0 Å². The van der Waals surface area contributed by atoms with E-state index < -0.39 is 6.29 Å². The first-order chi connectivity index (χ1) is 7.74. The molecule has 17 heavy (non-hydrogen) atoms. The molecule has 0 spiro atoms. The number of aliphatic hydroxyl groups excluding tert-OH is 1. The fourth-order valence-corrected chi connectivity index (χ4v) is 2.99. The average Bonchev–Trinajstić information content (AvgIpc) is 2.09. The maximum atomic E-state index is 9.83. The molecule has 0 radical (unpaired) electrons. The van der Waals surface area contributed by atoms with E-state index in [-0.39, 0.29) is 17.2 Å². The lowest BCUT2D eigenvalue weighted by molar-refractivity contribution is -0.160. The van der Waals surface area contributed by atoms with Crippen molar-refractivity contribution in [2.24, 2.45) is 0 Å². The molecule has 0 bridgehead atoms. The van der Waals surface area contributed by atoms with Crippen LogP contribution in [0.3, 0.4) is 0 Å². The number of unbranched alkanes of at least 4 members (excludes halogenated alkanes) is 1. The fraction of sp³-hybridized carbons (Fsp3) is 1.00. The maximum Gasteiger partial charge on any atom is 0.154 e. The van der Waals surface area contributed by atoms with Gasteiger partial charge in [-0.1, -0.05) is 13.3 Å². The lowest BCUT2D eigenvalue weighted by Gasteiger charge is -2.46. The van der Waals surface area contributed by atoms with Crippen LogP contribution < -0.4 is 5.32 Å². The summed E-state index contributed by atoms with van der Waals surface area (Å²) in [6.07, 6.45) is 4.36. The number of ether oxygens (including phenoxy) is 1. The van der Waals surface area contributed by atoms with E-state index in [1.54, 1.807) is 0 Å². The number of nitrogens with one attached hydrogen (secondary N) is 1. The third-order valence-corrected chi connectivity index (χ3v) is 3.31. The molecule has 1 heterocycles. The summed E-state index contributed by atoms with van der Waals surface area (Å²) in [6, 6.07) is 0. The van der Waals surface area contributed by atoms with Crippen LogP contribution in [-0.4, -0.2) is 28.6 Å². The fourth-order valence-electron chi connectivity index (χ4n) is 2.99. The molecule has 2 N–H and O–H groups in total. The van der Waals surface area contributed by atoms with Gasteiger partial charge in [-0.2, -0.15) is 0 Å². The first kappa shape index (κ1) is 14.9. The van der Waals surface area contributed by atoms with Gasteiger partial charge in [-0.25, -0.2) is 0 Å². The van der Waals surface area contributed by atoms with Crippen LogP contribution in [0.5, 0.6) is 0 Å². The zero-order valence-electron chi connectivity index (χ0n) is 12.0. The highest BCUT2D eigenvalue weighted by atomic mass is 16.6. The lowest BCUT2D eigenvalue weighted by Crippen LogP contribution is -2.59. The second-order valence-electron chi connectivity index (χ2n) is 6.66. The largest absolute Gasteiger partial charge is 0.368 e. The molecule has 1 fully saturated rings. The highest BCUT2D eigenvalue weighted by Crippen LogP contribution is 2.31. The van der Waals surface area contributed by atoms with E-state index in [0.29, 0.717) is 0 Å². The molecule has 1 saturated heterocycles. The van der Waals surface area contributed by atoms with Crippen LogP contribution in [0, 0.1) is 0 Å².